The number of H-pyrrole nitrogens is 1. The van der Waals surface area contributed by atoms with E-state index in [2.05, 4.69) is 42.2 Å². The number of nitrogens with one attached hydrogen (secondary N) is 1. The largest absolute Gasteiger partial charge is 0.387 e. The number of halogens is 1. The predicted molar refractivity (Wildman–Crippen MR) is 148 cm³/mol. The van der Waals surface area contributed by atoms with E-state index in [0.717, 1.165) is 0 Å². The molecule has 4 aromatic heterocycles. The van der Waals surface area contributed by atoms with Crippen LogP contribution in [0.15, 0.2) is 23.8 Å². The van der Waals surface area contributed by atoms with Crippen LogP contribution < -0.4 is 17.0 Å². The lowest BCUT2D eigenvalue weighted by molar-refractivity contribution is -0.0564. The number of nitrogens with two attached hydrogens (primary N) is 2. The van der Waals surface area contributed by atoms with Gasteiger partial charge in [-0.15, -0.1) is 0 Å². The summed E-state index contributed by atoms with van der Waals surface area (Å²) >= 11 is 4.04. The zero-order chi connectivity index (χ0) is 30.9. The van der Waals surface area contributed by atoms with Gasteiger partial charge in [0.2, 0.25) is 5.95 Å². The molecule has 7 rings (SSSR count). The van der Waals surface area contributed by atoms with Crippen molar-refractivity contribution in [3.05, 3.63) is 29.3 Å². The molecule has 2 bridgehead atoms. The van der Waals surface area contributed by atoms with Gasteiger partial charge in [-0.2, -0.15) is 4.98 Å². The number of hydrogen-bond donors (Lipinski definition) is 5. The van der Waals surface area contributed by atoms with Gasteiger partial charge in [0.15, 0.2) is 41.3 Å². The smallest absolute Gasteiger partial charge is 0.386 e. The number of fused-ring (bicyclic) bond motifs is 5. The maximum atomic E-state index is 15.9. The summed E-state index contributed by atoms with van der Waals surface area (Å²) in [6, 6.07) is 0. The molecule has 0 amide bonds. The van der Waals surface area contributed by atoms with Crippen molar-refractivity contribution < 1.29 is 46.2 Å². The van der Waals surface area contributed by atoms with Gasteiger partial charge < -0.3 is 35.1 Å². The van der Waals surface area contributed by atoms with Crippen LogP contribution in [-0.2, 0) is 36.7 Å². The first-order valence-electron chi connectivity index (χ1n) is 12.8. The molecule has 4 aromatic rings. The van der Waals surface area contributed by atoms with E-state index < -0.39 is 83.0 Å². The molecule has 236 valence electrons. The first-order valence-corrected chi connectivity index (χ1v) is 16.7. The number of aromatic amines is 1. The molecule has 3 fully saturated rings. The van der Waals surface area contributed by atoms with Gasteiger partial charge in [-0.25, -0.2) is 28.9 Å². The second kappa shape index (κ2) is 11.1. The van der Waals surface area contributed by atoms with Crippen molar-refractivity contribution in [3.8, 4) is 0 Å². The topological polar surface area (TPSA) is 269 Å². The molecular formula is C20H23FN10O10P2S. The molecule has 44 heavy (non-hydrogen) atoms. The predicted octanol–water partition coefficient (Wildman–Crippen LogP) is -0.138. The third kappa shape index (κ3) is 5.10. The number of nitrogen functional groups attached to an aromatic ring is 2. The van der Waals surface area contributed by atoms with Crippen molar-refractivity contribution >= 4 is 61.4 Å². The monoisotopic (exact) mass is 676 g/mol. The minimum atomic E-state index is -4.38. The summed E-state index contributed by atoms with van der Waals surface area (Å²) in [6.45, 7) is -5.54. The number of alkyl halides is 1. The molecule has 3 aliphatic heterocycles. The van der Waals surface area contributed by atoms with Gasteiger partial charge in [0.1, 0.15) is 42.4 Å². The molecular weight excluding hydrogens is 653 g/mol. The van der Waals surface area contributed by atoms with E-state index in [1.807, 2.05) is 0 Å². The lowest BCUT2D eigenvalue weighted by atomic mass is 10.1. The number of aliphatic hydroxyl groups is 1. The number of imidazole rings is 2. The number of anilines is 2. The van der Waals surface area contributed by atoms with Crippen LogP contribution in [0, 0.1) is 0 Å². The van der Waals surface area contributed by atoms with Crippen molar-refractivity contribution in [1.82, 2.24) is 39.0 Å². The van der Waals surface area contributed by atoms with E-state index in [9.17, 15) is 19.0 Å². The Morgan fingerprint density at radius 1 is 1.05 bits per heavy atom. The van der Waals surface area contributed by atoms with E-state index in [0.29, 0.717) is 0 Å². The van der Waals surface area contributed by atoms with Gasteiger partial charge in [0.25, 0.3) is 5.56 Å². The Hall–Kier alpha value is -3.04. The van der Waals surface area contributed by atoms with E-state index in [1.165, 1.54) is 28.1 Å². The minimum Gasteiger partial charge on any atom is -0.387 e. The normalized spacial score (nSPS) is 36.6. The Balaban J connectivity index is 1.18. The van der Waals surface area contributed by atoms with Gasteiger partial charge in [0, 0.05) is 0 Å². The number of hydrogen-bond acceptors (Lipinski definition) is 17. The third-order valence-corrected chi connectivity index (χ3v) is 9.70. The average Bonchev–Trinajstić information content (AvgIpc) is 3.72. The fourth-order valence-corrected chi connectivity index (χ4v) is 7.55. The maximum absolute atomic E-state index is 15.9. The Labute approximate surface area is 249 Å². The Morgan fingerprint density at radius 2 is 1.77 bits per heavy atom. The summed E-state index contributed by atoms with van der Waals surface area (Å²) in [7, 11) is -3.46. The molecule has 0 saturated carbocycles. The molecule has 0 radical (unpaired) electrons. The summed E-state index contributed by atoms with van der Waals surface area (Å²) in [6.07, 6.45) is -8.23. The molecule has 20 nitrogen and oxygen atoms in total. The zero-order valence-corrected chi connectivity index (χ0v) is 24.7. The quantitative estimate of drug-likeness (QED) is 0.137. The van der Waals surface area contributed by atoms with E-state index in [4.69, 9.17) is 39.0 Å². The second-order valence-corrected chi connectivity index (χ2v) is 13.8. The van der Waals surface area contributed by atoms with Crippen LogP contribution >= 0.6 is 27.3 Å². The molecule has 24 heteroatoms. The summed E-state index contributed by atoms with van der Waals surface area (Å²) in [5.41, 5.74) is 11.1. The van der Waals surface area contributed by atoms with E-state index in [-0.39, 0.29) is 34.1 Å². The molecule has 10 atom stereocenters. The molecule has 2 unspecified atom stereocenters. The van der Waals surface area contributed by atoms with Crippen molar-refractivity contribution in [2.24, 2.45) is 0 Å². The van der Waals surface area contributed by atoms with Crippen LogP contribution in [0.25, 0.3) is 22.3 Å². The molecule has 3 saturated heterocycles. The molecule has 6 N–H and O–H groups in total. The fourth-order valence-electron chi connectivity index (χ4n) is 5.22. The minimum absolute atomic E-state index is 0.0344. The number of ether oxygens (including phenoxy) is 2. The highest BCUT2D eigenvalue weighted by molar-refractivity contribution is 8.44. The van der Waals surface area contributed by atoms with Crippen molar-refractivity contribution in [3.63, 3.8) is 0 Å². The number of rotatable bonds is 2. The Kier molecular flexibility index (Phi) is 7.47. The molecule has 7 heterocycles. The zero-order valence-electron chi connectivity index (χ0n) is 21.9. The number of thiol groups is 1. The second-order valence-electron chi connectivity index (χ2n) is 9.90. The van der Waals surface area contributed by atoms with Crippen molar-refractivity contribution in [2.75, 3.05) is 24.7 Å². The first kappa shape index (κ1) is 29.7. The van der Waals surface area contributed by atoms with E-state index in [1.54, 1.807) is 0 Å². The van der Waals surface area contributed by atoms with Crippen LogP contribution in [0.4, 0.5) is 16.2 Å². The highest BCUT2D eigenvalue weighted by Crippen LogP contribution is 2.57. The van der Waals surface area contributed by atoms with Crippen LogP contribution in [0.3, 0.4) is 0 Å². The fraction of sp³-hybridized carbons (Fsp3) is 0.500. The lowest BCUT2D eigenvalue weighted by Crippen LogP contribution is -2.35. The Bertz CT molecular complexity index is 1880. The van der Waals surface area contributed by atoms with Crippen molar-refractivity contribution in [2.45, 2.75) is 49.1 Å². The van der Waals surface area contributed by atoms with Crippen LogP contribution in [0.1, 0.15) is 12.5 Å². The molecule has 0 aliphatic carbocycles. The van der Waals surface area contributed by atoms with Gasteiger partial charge in [0.05, 0.1) is 25.9 Å². The van der Waals surface area contributed by atoms with Gasteiger partial charge in [-0.1, -0.05) is 12.2 Å². The Morgan fingerprint density at radius 3 is 2.57 bits per heavy atom. The number of nitrogens with zero attached hydrogens (tertiary/aromatic N) is 7. The molecule has 0 spiro atoms. The highest BCUT2D eigenvalue weighted by atomic mass is 32.7. The number of aromatic nitrogens is 8. The summed E-state index contributed by atoms with van der Waals surface area (Å²) in [5.74, 6) is -0.167. The maximum Gasteiger partial charge on any atom is 0.386 e. The summed E-state index contributed by atoms with van der Waals surface area (Å²) < 4.78 is 78.3. The average molecular weight is 676 g/mol. The summed E-state index contributed by atoms with van der Waals surface area (Å²) in [5, 5.41) is 11.1. The van der Waals surface area contributed by atoms with Crippen molar-refractivity contribution in [1.29, 1.82) is 0 Å². The standard InChI is InChI=1S/C20H23FN10O10P2S/c21-8-12-7(39-18(8)30-4-26-9-14(22)24-3-25-15(9)30)2-37-43(35,44)41-13-11(32)6(1-36-42(34)40-12)38-19(13)31-5-27-10-16(31)28-20(23)29-17(10)33/h3-8,11-13,18-19,32,42H,1-2H2,(H,35,44)(H2,22,24,25)(H3,23,28,29,33)/t6-,7-,8-,11-,12-,13-,18-,19-,43?/m1/s1. The van der Waals surface area contributed by atoms with Gasteiger partial charge in [-0.3, -0.25) is 32.5 Å². The lowest BCUT2D eigenvalue weighted by Gasteiger charge is -2.25. The van der Waals surface area contributed by atoms with Crippen LogP contribution in [0.2, 0.25) is 0 Å². The van der Waals surface area contributed by atoms with E-state index >= 15 is 4.39 Å². The highest BCUT2D eigenvalue weighted by Gasteiger charge is 2.52. The SMILES string of the molecule is Nc1nc2c(ncn2[C@@H]2O[C@@H]3CO[PH](=O)O[C@H]4[C@@H](F)[C@H](n5cnc6c(N)ncnc65)O[C@@H]4COP(=O)(S)O[C@@H]2[C@@H]3O)c(=O)[nH]1. The molecule has 3 aliphatic rings. The molecule has 0 aromatic carbocycles. The van der Waals surface area contributed by atoms with Crippen LogP contribution in [0.5, 0.6) is 0 Å². The summed E-state index contributed by atoms with van der Waals surface area (Å²) in [4.78, 5) is 34.7. The first-order chi connectivity index (χ1) is 21.0. The third-order valence-electron chi connectivity index (χ3n) is 7.22. The van der Waals surface area contributed by atoms with Gasteiger partial charge in [-0.05, 0) is 0 Å². The van der Waals surface area contributed by atoms with Crippen LogP contribution in [-0.4, -0.2) is 94.0 Å². The number of aliphatic hydroxyl groups excluding tert-OH is 1. The van der Waals surface area contributed by atoms with Gasteiger partial charge >= 0.3 is 15.1 Å².